The van der Waals surface area contributed by atoms with E-state index >= 15 is 0 Å². The summed E-state index contributed by atoms with van der Waals surface area (Å²) in [6.45, 7) is 0. The molecule has 0 fully saturated rings. The smallest absolute Gasteiger partial charge is 1.00 e. The molecule has 0 amide bonds. The second kappa shape index (κ2) is 7.57. The Morgan fingerprint density at radius 1 is 0.875 bits per heavy atom. The van der Waals surface area contributed by atoms with E-state index in [1.165, 1.54) is 0 Å². The summed E-state index contributed by atoms with van der Waals surface area (Å²) in [4.78, 5) is 29.3. The predicted molar refractivity (Wildman–Crippen MR) is 23.0 cm³/mol. The summed E-state index contributed by atoms with van der Waals surface area (Å²) in [5.41, 5.74) is 0. The zero-order chi connectivity index (χ0) is 4.50. The largest absolute Gasteiger partial charge is 1.00 e. The van der Waals surface area contributed by atoms with E-state index in [1.807, 2.05) is 0 Å². The molecule has 0 heterocycles. The Bertz CT molecular complexity index is 28.5. The zero-order valence-corrected chi connectivity index (χ0v) is 5.29. The minimum Gasteiger partial charge on any atom is -1.00 e. The molecular weight excluding hydrogens is 131 g/mol. The van der Waals surface area contributed by atoms with Gasteiger partial charge in [-0.1, -0.05) is 0 Å². The molecule has 0 rings (SSSR count). The van der Waals surface area contributed by atoms with Crippen molar-refractivity contribution in [3.63, 3.8) is 0 Å². The van der Waals surface area contributed by atoms with E-state index in [0.29, 0.717) is 0 Å². The molecule has 50 valence electrons. The Morgan fingerprint density at radius 2 is 0.875 bits per heavy atom. The first kappa shape index (κ1) is 23.5. The molecule has 0 bridgehead atoms. The quantitative estimate of drug-likeness (QED) is 0.248. The number of hydrogen-bond acceptors (Lipinski definition) is 4. The van der Waals surface area contributed by atoms with Gasteiger partial charge in [0.15, 0.2) is 0 Å². The summed E-state index contributed by atoms with van der Waals surface area (Å²) < 4.78 is 0. The predicted octanol–water partition coefficient (Wildman–Crippen LogP) is -7.14. The van der Waals surface area contributed by atoms with Crippen molar-refractivity contribution in [1.29, 1.82) is 0 Å². The first-order chi connectivity index (χ1) is 2.00. The van der Waals surface area contributed by atoms with Crippen molar-refractivity contribution in [3.05, 3.63) is 0 Å². The summed E-state index contributed by atoms with van der Waals surface area (Å²) >= 11 is 0. The molecule has 6 nitrogen and oxygen atoms in total. The van der Waals surface area contributed by atoms with Crippen LogP contribution in [0.5, 0.6) is 0 Å². The Morgan fingerprint density at radius 3 is 0.875 bits per heavy atom. The van der Waals surface area contributed by atoms with Gasteiger partial charge in [-0.2, -0.15) is 0 Å². The van der Waals surface area contributed by atoms with Crippen LogP contribution in [0.4, 0.5) is 0 Å². The molecule has 8 heavy (non-hydrogen) atoms. The first-order valence-electron chi connectivity index (χ1n) is 0.894. The second-order valence-corrected chi connectivity index (χ2v) is 1.80. The third kappa shape index (κ3) is 619. The van der Waals surface area contributed by atoms with Gasteiger partial charge in [-0.3, -0.25) is 0 Å². The van der Waals surface area contributed by atoms with Gasteiger partial charge >= 0.3 is 27.9 Å². The maximum absolute atomic E-state index is 7.33. The Kier molecular flexibility index (Phi) is 22.3. The van der Waals surface area contributed by atoms with Gasteiger partial charge in [-0.25, -0.2) is 0 Å². The van der Waals surface area contributed by atoms with Gasteiger partial charge in [0.05, 0.1) is 0 Å². The van der Waals surface area contributed by atoms with Gasteiger partial charge in [0.1, 0.15) is 0 Å². The molecular formula is H9LiO6Si. The summed E-state index contributed by atoms with van der Waals surface area (Å²) in [5, 5.41) is 0. The molecule has 0 spiro atoms. The van der Waals surface area contributed by atoms with Crippen LogP contribution in [0.2, 0.25) is 0 Å². The molecule has 0 saturated carbocycles. The van der Waals surface area contributed by atoms with Crippen molar-refractivity contribution in [3.8, 4) is 0 Å². The molecule has 0 aromatic rings. The Labute approximate surface area is 60.2 Å². The second-order valence-electron chi connectivity index (χ2n) is 0.600. The van der Waals surface area contributed by atoms with Crippen LogP contribution in [-0.4, -0.2) is 39.2 Å². The fourth-order valence-corrected chi connectivity index (χ4v) is 0. The van der Waals surface area contributed by atoms with Gasteiger partial charge in [-0.15, -0.1) is 0 Å². The van der Waals surface area contributed by atoms with E-state index in [9.17, 15) is 0 Å². The molecule has 0 unspecified atom stereocenters. The first-order valence-corrected chi connectivity index (χ1v) is 2.68. The third-order valence-corrected chi connectivity index (χ3v) is 0. The molecule has 0 saturated heterocycles. The van der Waals surface area contributed by atoms with Crippen LogP contribution in [0, 0.1) is 0 Å². The van der Waals surface area contributed by atoms with E-state index < -0.39 is 9.05 Å². The molecule has 0 radical (unpaired) electrons. The molecule has 8 heteroatoms. The SMILES string of the molecule is O.O.O[Si](O)(O)O.[H-].[Li+]. The van der Waals surface area contributed by atoms with Crippen LogP contribution >= 0.6 is 0 Å². The van der Waals surface area contributed by atoms with E-state index in [0.717, 1.165) is 0 Å². The van der Waals surface area contributed by atoms with Crippen molar-refractivity contribution < 1.29 is 50.4 Å². The van der Waals surface area contributed by atoms with Gasteiger partial charge < -0.3 is 31.6 Å². The van der Waals surface area contributed by atoms with Crippen molar-refractivity contribution in [1.82, 2.24) is 0 Å². The monoisotopic (exact) mass is 140 g/mol. The molecule has 0 atom stereocenters. The van der Waals surface area contributed by atoms with Crippen LogP contribution in [0.1, 0.15) is 1.43 Å². The van der Waals surface area contributed by atoms with E-state index in [4.69, 9.17) is 19.2 Å². The number of rotatable bonds is 0. The zero-order valence-electron chi connectivity index (χ0n) is 5.29. The van der Waals surface area contributed by atoms with Gasteiger partial charge in [0, 0.05) is 0 Å². The molecule has 0 aromatic heterocycles. The van der Waals surface area contributed by atoms with E-state index in [2.05, 4.69) is 0 Å². The maximum atomic E-state index is 7.33. The Balaban J connectivity index is -0.0000000133. The normalized spacial score (nSPS) is 7.50. The van der Waals surface area contributed by atoms with Crippen LogP contribution in [0.15, 0.2) is 0 Å². The van der Waals surface area contributed by atoms with E-state index in [1.54, 1.807) is 0 Å². The van der Waals surface area contributed by atoms with Gasteiger partial charge in [0.25, 0.3) is 0 Å². The van der Waals surface area contributed by atoms with Crippen LogP contribution in [-0.2, 0) is 0 Å². The third-order valence-electron chi connectivity index (χ3n) is 0. The topological polar surface area (TPSA) is 144 Å². The maximum Gasteiger partial charge on any atom is 1.00 e. The van der Waals surface area contributed by atoms with Crippen molar-refractivity contribution >= 4 is 9.05 Å². The van der Waals surface area contributed by atoms with E-state index in [-0.39, 0.29) is 31.2 Å². The molecule has 0 aliphatic carbocycles. The average molecular weight is 140 g/mol. The summed E-state index contributed by atoms with van der Waals surface area (Å²) in [6, 6.07) is 0. The minimum atomic E-state index is -4.61. The van der Waals surface area contributed by atoms with Crippen molar-refractivity contribution in [2.24, 2.45) is 0 Å². The van der Waals surface area contributed by atoms with Crippen molar-refractivity contribution in [2.45, 2.75) is 0 Å². The van der Waals surface area contributed by atoms with Gasteiger partial charge in [-0.05, 0) is 0 Å². The van der Waals surface area contributed by atoms with Gasteiger partial charge in [0.2, 0.25) is 0 Å². The van der Waals surface area contributed by atoms with Crippen LogP contribution < -0.4 is 18.9 Å². The van der Waals surface area contributed by atoms with Crippen molar-refractivity contribution in [2.75, 3.05) is 0 Å². The molecule has 0 aromatic carbocycles. The fourth-order valence-electron chi connectivity index (χ4n) is 0. The van der Waals surface area contributed by atoms with Crippen LogP contribution in [0.25, 0.3) is 0 Å². The minimum absolute atomic E-state index is 0. The summed E-state index contributed by atoms with van der Waals surface area (Å²) in [7, 11) is -4.61. The standard InChI is InChI=1S/Li.H4O4Si.2H2O.H/c;1-5(2,3)4;;;/h;1-4H;2*1H2;/q+1;;;;-1. The Hall–Kier alpha value is 0.574. The van der Waals surface area contributed by atoms with Crippen LogP contribution in [0.3, 0.4) is 0 Å². The number of hydrogen-bond donors (Lipinski definition) is 4. The fraction of sp³-hybridized carbons (Fsp3) is 0. The molecule has 0 aliphatic heterocycles. The average Bonchev–Trinajstić information content (AvgIpc) is 0.722. The molecule has 8 N–H and O–H groups in total. The summed E-state index contributed by atoms with van der Waals surface area (Å²) in [5.74, 6) is 0. The summed E-state index contributed by atoms with van der Waals surface area (Å²) in [6.07, 6.45) is 0. The molecule has 0 aliphatic rings.